The molecule has 4 nitrogen and oxygen atoms in total. The van der Waals surface area contributed by atoms with E-state index in [0.29, 0.717) is 11.5 Å². The summed E-state index contributed by atoms with van der Waals surface area (Å²) >= 11 is 0. The van der Waals surface area contributed by atoms with Gasteiger partial charge < -0.3 is 15.7 Å². The fourth-order valence-electron chi connectivity index (χ4n) is 1.42. The molecule has 0 spiro atoms. The number of halogens is 1. The van der Waals surface area contributed by atoms with Crippen LogP contribution in [0.25, 0.3) is 0 Å². The Morgan fingerprint density at radius 2 is 1.84 bits per heavy atom. The quantitative estimate of drug-likeness (QED) is 0.766. The molecule has 0 saturated heterocycles. The maximum absolute atomic E-state index is 12.7. The number of benzene rings is 1. The van der Waals surface area contributed by atoms with Gasteiger partial charge in [-0.15, -0.1) is 0 Å². The first-order chi connectivity index (χ1) is 8.90. The number of carbonyl (C=O) groups is 1. The third-order valence-electron chi connectivity index (χ3n) is 3.07. The highest BCUT2D eigenvalue weighted by atomic mass is 19.1. The van der Waals surface area contributed by atoms with Gasteiger partial charge in [0.1, 0.15) is 5.82 Å². The van der Waals surface area contributed by atoms with Crippen molar-refractivity contribution in [3.63, 3.8) is 0 Å². The summed E-state index contributed by atoms with van der Waals surface area (Å²) in [6.07, 6.45) is -0.847. The number of aliphatic hydroxyl groups is 1. The molecule has 2 unspecified atom stereocenters. The topological polar surface area (TPSA) is 61.4 Å². The highest BCUT2D eigenvalue weighted by molar-refractivity contribution is 5.74. The average Bonchev–Trinajstić information content (AvgIpc) is 2.36. The third kappa shape index (κ3) is 5.26. The Labute approximate surface area is 113 Å². The largest absolute Gasteiger partial charge is 0.387 e. The van der Waals surface area contributed by atoms with E-state index in [9.17, 15) is 14.3 Å². The van der Waals surface area contributed by atoms with Crippen LogP contribution in [0.15, 0.2) is 24.3 Å². The second-order valence-corrected chi connectivity index (χ2v) is 4.95. The van der Waals surface area contributed by atoms with E-state index in [0.717, 1.165) is 0 Å². The predicted molar refractivity (Wildman–Crippen MR) is 72.2 cm³/mol. The maximum Gasteiger partial charge on any atom is 0.315 e. The van der Waals surface area contributed by atoms with Gasteiger partial charge in [-0.1, -0.05) is 26.0 Å². The molecule has 3 N–H and O–H groups in total. The molecule has 0 aliphatic carbocycles. The van der Waals surface area contributed by atoms with Crippen LogP contribution in [0, 0.1) is 11.7 Å². The van der Waals surface area contributed by atoms with E-state index < -0.39 is 6.10 Å². The lowest BCUT2D eigenvalue weighted by atomic mass is 10.1. The van der Waals surface area contributed by atoms with Gasteiger partial charge in [-0.05, 0) is 30.5 Å². The van der Waals surface area contributed by atoms with E-state index >= 15 is 0 Å². The van der Waals surface area contributed by atoms with Gasteiger partial charge in [0.05, 0.1) is 6.10 Å². The van der Waals surface area contributed by atoms with E-state index in [4.69, 9.17) is 0 Å². The number of rotatable bonds is 5. The molecule has 0 aliphatic rings. The number of carbonyl (C=O) groups excluding carboxylic acids is 1. The van der Waals surface area contributed by atoms with Crippen LogP contribution in [0.2, 0.25) is 0 Å². The summed E-state index contributed by atoms with van der Waals surface area (Å²) in [6.45, 7) is 6.03. The van der Waals surface area contributed by atoms with Crippen molar-refractivity contribution in [1.29, 1.82) is 0 Å². The van der Waals surface area contributed by atoms with Gasteiger partial charge in [0.25, 0.3) is 0 Å². The number of hydrogen-bond acceptors (Lipinski definition) is 2. The summed E-state index contributed by atoms with van der Waals surface area (Å²) < 4.78 is 12.7. The van der Waals surface area contributed by atoms with Gasteiger partial charge in [0.2, 0.25) is 0 Å². The van der Waals surface area contributed by atoms with Crippen LogP contribution in [0.1, 0.15) is 32.4 Å². The molecule has 0 heterocycles. The molecule has 19 heavy (non-hydrogen) atoms. The zero-order chi connectivity index (χ0) is 14.4. The average molecular weight is 268 g/mol. The zero-order valence-corrected chi connectivity index (χ0v) is 11.5. The second-order valence-electron chi connectivity index (χ2n) is 4.95. The summed E-state index contributed by atoms with van der Waals surface area (Å²) in [6, 6.07) is 5.29. The number of amides is 2. The molecule has 2 amide bonds. The molecule has 0 bridgehead atoms. The number of aliphatic hydroxyl groups excluding tert-OH is 1. The molecule has 0 fully saturated rings. The minimum Gasteiger partial charge on any atom is -0.387 e. The second kappa shape index (κ2) is 7.09. The Hall–Kier alpha value is -1.62. The zero-order valence-electron chi connectivity index (χ0n) is 11.5. The van der Waals surface area contributed by atoms with Crippen LogP contribution in [0.5, 0.6) is 0 Å². The van der Waals surface area contributed by atoms with Crippen molar-refractivity contribution < 1.29 is 14.3 Å². The van der Waals surface area contributed by atoms with Crippen LogP contribution in [0.4, 0.5) is 9.18 Å². The monoisotopic (exact) mass is 268 g/mol. The van der Waals surface area contributed by atoms with Crippen molar-refractivity contribution >= 4 is 6.03 Å². The minimum absolute atomic E-state index is 0.0583. The SMILES string of the molecule is CC(C)C(C)NC(=O)NCC(O)c1ccc(F)cc1. The van der Waals surface area contributed by atoms with Crippen molar-refractivity contribution in [2.45, 2.75) is 32.9 Å². The lowest BCUT2D eigenvalue weighted by Crippen LogP contribution is -2.44. The van der Waals surface area contributed by atoms with Gasteiger partial charge in [0.15, 0.2) is 0 Å². The predicted octanol–water partition coefficient (Wildman–Crippen LogP) is 2.20. The molecule has 1 aromatic carbocycles. The summed E-state index contributed by atoms with van der Waals surface area (Å²) in [5, 5.41) is 15.2. The Bertz CT molecular complexity index is 406. The van der Waals surface area contributed by atoms with Crippen LogP contribution >= 0.6 is 0 Å². The minimum atomic E-state index is -0.847. The van der Waals surface area contributed by atoms with E-state index in [-0.39, 0.29) is 24.4 Å². The molecule has 0 radical (unpaired) electrons. The fraction of sp³-hybridized carbons (Fsp3) is 0.500. The molecule has 5 heteroatoms. The maximum atomic E-state index is 12.7. The molecule has 2 atom stereocenters. The number of urea groups is 1. The van der Waals surface area contributed by atoms with Crippen molar-refractivity contribution in [2.24, 2.45) is 5.92 Å². The van der Waals surface area contributed by atoms with Gasteiger partial charge >= 0.3 is 6.03 Å². The van der Waals surface area contributed by atoms with E-state index in [2.05, 4.69) is 10.6 Å². The van der Waals surface area contributed by atoms with Crippen LogP contribution < -0.4 is 10.6 Å². The van der Waals surface area contributed by atoms with Gasteiger partial charge in [-0.2, -0.15) is 0 Å². The van der Waals surface area contributed by atoms with E-state index in [1.54, 1.807) is 0 Å². The standard InChI is InChI=1S/C14H21FN2O2/c1-9(2)10(3)17-14(19)16-8-13(18)11-4-6-12(15)7-5-11/h4-7,9-10,13,18H,8H2,1-3H3,(H2,16,17,19). The first-order valence-corrected chi connectivity index (χ1v) is 6.38. The molecule has 1 aromatic rings. The van der Waals surface area contributed by atoms with Crippen LogP contribution in [0.3, 0.4) is 0 Å². The molecule has 0 aromatic heterocycles. The smallest absolute Gasteiger partial charge is 0.315 e. The van der Waals surface area contributed by atoms with Crippen LogP contribution in [-0.2, 0) is 0 Å². The van der Waals surface area contributed by atoms with Gasteiger partial charge in [-0.25, -0.2) is 9.18 Å². The Kier molecular flexibility index (Phi) is 5.76. The molecule has 106 valence electrons. The Balaban J connectivity index is 2.39. The lowest BCUT2D eigenvalue weighted by molar-refractivity contribution is 0.172. The highest BCUT2D eigenvalue weighted by Crippen LogP contribution is 2.12. The third-order valence-corrected chi connectivity index (χ3v) is 3.07. The molecule has 1 rings (SSSR count). The molecule has 0 aliphatic heterocycles. The van der Waals surface area contributed by atoms with Gasteiger partial charge in [0, 0.05) is 12.6 Å². The van der Waals surface area contributed by atoms with Crippen LogP contribution in [-0.4, -0.2) is 23.7 Å². The summed E-state index contributed by atoms with van der Waals surface area (Å²) in [4.78, 5) is 11.6. The van der Waals surface area contributed by atoms with Crippen molar-refractivity contribution in [1.82, 2.24) is 10.6 Å². The lowest BCUT2D eigenvalue weighted by Gasteiger charge is -2.19. The molecular formula is C14H21FN2O2. The number of hydrogen-bond donors (Lipinski definition) is 3. The van der Waals surface area contributed by atoms with Crippen molar-refractivity contribution in [3.05, 3.63) is 35.6 Å². The first-order valence-electron chi connectivity index (χ1n) is 6.38. The van der Waals surface area contributed by atoms with Crippen molar-refractivity contribution in [3.8, 4) is 0 Å². The van der Waals surface area contributed by atoms with Crippen molar-refractivity contribution in [2.75, 3.05) is 6.54 Å². The Morgan fingerprint density at radius 3 is 2.37 bits per heavy atom. The molecule has 0 saturated carbocycles. The summed E-state index contributed by atoms with van der Waals surface area (Å²) in [7, 11) is 0. The Morgan fingerprint density at radius 1 is 1.26 bits per heavy atom. The summed E-state index contributed by atoms with van der Waals surface area (Å²) in [5.41, 5.74) is 0.568. The summed E-state index contributed by atoms with van der Waals surface area (Å²) in [5.74, 6) is -0.0137. The fourth-order valence-corrected chi connectivity index (χ4v) is 1.42. The van der Waals surface area contributed by atoms with Gasteiger partial charge in [-0.3, -0.25) is 0 Å². The normalized spacial score (nSPS) is 14.0. The number of nitrogens with one attached hydrogen (secondary N) is 2. The van der Waals surface area contributed by atoms with E-state index in [1.807, 2.05) is 20.8 Å². The molecular weight excluding hydrogens is 247 g/mol. The highest BCUT2D eigenvalue weighted by Gasteiger charge is 2.12. The van der Waals surface area contributed by atoms with E-state index in [1.165, 1.54) is 24.3 Å². The first kappa shape index (κ1) is 15.4.